The number of hydrogen-bond acceptors (Lipinski definition) is 5. The second-order valence-electron chi connectivity index (χ2n) is 9.30. The highest BCUT2D eigenvalue weighted by Gasteiger charge is 2.36. The number of amides is 2. The third-order valence-corrected chi connectivity index (χ3v) is 7.35. The first kappa shape index (κ1) is 22.9. The lowest BCUT2D eigenvalue weighted by molar-refractivity contribution is -0.141. The van der Waals surface area contributed by atoms with Crippen LogP contribution in [0.5, 0.6) is 11.5 Å². The zero-order chi connectivity index (χ0) is 22.5. The number of carbonyl (C=O) groups excluding carboxylic acids is 2. The van der Waals surface area contributed by atoms with Gasteiger partial charge >= 0.3 is 0 Å². The van der Waals surface area contributed by atoms with E-state index in [1.54, 1.807) is 26.4 Å². The minimum absolute atomic E-state index is 0.0546. The number of piperidine rings is 1. The second kappa shape index (κ2) is 10.6. The Morgan fingerprint density at radius 1 is 1.00 bits per heavy atom. The topological polar surface area (TPSA) is 62.3 Å². The van der Waals surface area contributed by atoms with Crippen LogP contribution >= 0.6 is 0 Å². The van der Waals surface area contributed by atoms with Crippen molar-refractivity contribution in [3.8, 4) is 11.5 Å². The van der Waals surface area contributed by atoms with Crippen molar-refractivity contribution in [1.29, 1.82) is 0 Å². The van der Waals surface area contributed by atoms with Crippen LogP contribution in [0.3, 0.4) is 0 Å². The van der Waals surface area contributed by atoms with E-state index in [0.29, 0.717) is 36.1 Å². The molecule has 4 rings (SSSR count). The van der Waals surface area contributed by atoms with Gasteiger partial charge in [-0.15, -0.1) is 0 Å². The highest BCUT2D eigenvalue weighted by atomic mass is 16.5. The minimum Gasteiger partial charge on any atom is -0.493 e. The Labute approximate surface area is 191 Å². The summed E-state index contributed by atoms with van der Waals surface area (Å²) in [6.07, 6.45) is 7.54. The van der Waals surface area contributed by atoms with Gasteiger partial charge in [0.05, 0.1) is 19.8 Å². The summed E-state index contributed by atoms with van der Waals surface area (Å²) in [5, 5.41) is 0. The number of likely N-dealkylation sites (tertiary alicyclic amines) is 2. The smallest absolute Gasteiger partial charge is 0.257 e. The van der Waals surface area contributed by atoms with E-state index in [4.69, 9.17) is 9.47 Å². The largest absolute Gasteiger partial charge is 0.493 e. The fourth-order valence-electron chi connectivity index (χ4n) is 5.24. The Kier molecular flexibility index (Phi) is 7.55. The summed E-state index contributed by atoms with van der Waals surface area (Å²) in [6, 6.07) is 5.49. The molecule has 32 heavy (non-hydrogen) atoms. The van der Waals surface area contributed by atoms with E-state index in [2.05, 4.69) is 9.80 Å². The molecule has 1 saturated carbocycles. The molecule has 176 valence electrons. The summed E-state index contributed by atoms with van der Waals surface area (Å²) in [6.45, 7) is 5.26. The summed E-state index contributed by atoms with van der Waals surface area (Å²) < 4.78 is 10.9. The average Bonchev–Trinajstić information content (AvgIpc) is 3.30. The predicted octanol–water partition coefficient (Wildman–Crippen LogP) is 3.03. The van der Waals surface area contributed by atoms with Gasteiger partial charge in [-0.2, -0.15) is 0 Å². The van der Waals surface area contributed by atoms with Gasteiger partial charge in [-0.3, -0.25) is 9.59 Å². The summed E-state index contributed by atoms with van der Waals surface area (Å²) in [7, 11) is 3.14. The van der Waals surface area contributed by atoms with E-state index in [0.717, 1.165) is 58.3 Å². The normalized spacial score (nSPS) is 21.8. The molecule has 2 heterocycles. The molecule has 1 aromatic carbocycles. The fourth-order valence-corrected chi connectivity index (χ4v) is 5.24. The van der Waals surface area contributed by atoms with Crippen molar-refractivity contribution in [3.05, 3.63) is 23.8 Å². The molecule has 3 aliphatic rings. The summed E-state index contributed by atoms with van der Waals surface area (Å²) >= 11 is 0. The monoisotopic (exact) mass is 443 g/mol. The van der Waals surface area contributed by atoms with Crippen LogP contribution < -0.4 is 9.47 Å². The average molecular weight is 444 g/mol. The first-order chi connectivity index (χ1) is 15.6. The molecule has 2 saturated heterocycles. The van der Waals surface area contributed by atoms with Crippen molar-refractivity contribution in [2.24, 2.45) is 5.92 Å². The molecule has 0 bridgehead atoms. The van der Waals surface area contributed by atoms with Crippen LogP contribution in [0.25, 0.3) is 0 Å². The van der Waals surface area contributed by atoms with Crippen LogP contribution in [0.4, 0.5) is 0 Å². The molecule has 0 aromatic heterocycles. The van der Waals surface area contributed by atoms with E-state index < -0.39 is 0 Å². The molecule has 1 unspecified atom stereocenters. The zero-order valence-corrected chi connectivity index (χ0v) is 19.6. The number of ether oxygens (including phenoxy) is 2. The maximum absolute atomic E-state index is 13.4. The van der Waals surface area contributed by atoms with Gasteiger partial charge in [0, 0.05) is 38.1 Å². The molecule has 3 fully saturated rings. The first-order valence-electron chi connectivity index (χ1n) is 12.2. The van der Waals surface area contributed by atoms with Crippen LogP contribution in [-0.2, 0) is 4.79 Å². The maximum Gasteiger partial charge on any atom is 0.257 e. The highest BCUT2D eigenvalue weighted by molar-refractivity contribution is 5.98. The van der Waals surface area contributed by atoms with Gasteiger partial charge in [0.2, 0.25) is 5.91 Å². The third kappa shape index (κ3) is 4.87. The van der Waals surface area contributed by atoms with Crippen LogP contribution in [0, 0.1) is 5.92 Å². The maximum atomic E-state index is 13.4. The first-order valence-corrected chi connectivity index (χ1v) is 12.2. The second-order valence-corrected chi connectivity index (χ2v) is 9.30. The molecular formula is C25H37N3O4. The number of benzene rings is 1. The zero-order valence-electron chi connectivity index (χ0n) is 19.6. The Morgan fingerprint density at radius 2 is 1.78 bits per heavy atom. The lowest BCUT2D eigenvalue weighted by Gasteiger charge is -2.42. The minimum atomic E-state index is -0.0546. The number of rotatable bonds is 8. The molecule has 0 spiro atoms. The molecule has 1 aromatic rings. The molecule has 7 nitrogen and oxygen atoms in total. The van der Waals surface area contributed by atoms with Gasteiger partial charge < -0.3 is 24.2 Å². The van der Waals surface area contributed by atoms with E-state index in [9.17, 15) is 9.59 Å². The number of hydrogen-bond donors (Lipinski definition) is 0. The summed E-state index contributed by atoms with van der Waals surface area (Å²) in [5.74, 6) is 1.45. The van der Waals surface area contributed by atoms with Gasteiger partial charge in [-0.05, 0) is 63.7 Å². The van der Waals surface area contributed by atoms with E-state index >= 15 is 0 Å². The Balaban J connectivity index is 1.48. The van der Waals surface area contributed by atoms with E-state index in [-0.39, 0.29) is 17.9 Å². The standard InChI is InChI=1S/C25H37N3O4/c1-31-22-12-6-11-21(23(22)32-2)25(30)27-15-7-10-20(18-27)28(24(29)19-8-5-9-19)17-16-26-13-3-4-14-26/h6,11-12,19-20H,3-5,7-10,13-18H2,1-2H3. The molecule has 7 heteroatoms. The van der Waals surface area contributed by atoms with Gasteiger partial charge in [0.1, 0.15) is 0 Å². The lowest BCUT2D eigenvalue weighted by Crippen LogP contribution is -2.55. The molecule has 1 atom stereocenters. The molecule has 0 N–H and O–H groups in total. The van der Waals surface area contributed by atoms with Crippen molar-refractivity contribution in [3.63, 3.8) is 0 Å². The van der Waals surface area contributed by atoms with Gasteiger partial charge in [-0.1, -0.05) is 12.5 Å². The quantitative estimate of drug-likeness (QED) is 0.618. The third-order valence-electron chi connectivity index (χ3n) is 7.35. The molecule has 2 aliphatic heterocycles. The van der Waals surface area contributed by atoms with Gasteiger partial charge in [0.15, 0.2) is 11.5 Å². The predicted molar refractivity (Wildman–Crippen MR) is 123 cm³/mol. The van der Waals surface area contributed by atoms with Crippen molar-refractivity contribution in [2.75, 3.05) is 53.5 Å². The Morgan fingerprint density at radius 3 is 2.44 bits per heavy atom. The summed E-state index contributed by atoms with van der Waals surface area (Å²) in [5.41, 5.74) is 0.515. The van der Waals surface area contributed by atoms with Crippen LogP contribution in [0.2, 0.25) is 0 Å². The van der Waals surface area contributed by atoms with E-state index in [1.807, 2.05) is 11.0 Å². The highest BCUT2D eigenvalue weighted by Crippen LogP contribution is 2.33. The van der Waals surface area contributed by atoms with Crippen molar-refractivity contribution >= 4 is 11.8 Å². The molecule has 0 radical (unpaired) electrons. The fraction of sp³-hybridized carbons (Fsp3) is 0.680. The van der Waals surface area contributed by atoms with Crippen molar-refractivity contribution in [2.45, 2.75) is 51.0 Å². The van der Waals surface area contributed by atoms with Crippen molar-refractivity contribution < 1.29 is 19.1 Å². The molecular weight excluding hydrogens is 406 g/mol. The Bertz CT molecular complexity index is 804. The number of carbonyl (C=O) groups is 2. The van der Waals surface area contributed by atoms with Crippen LogP contribution in [-0.4, -0.2) is 86.0 Å². The SMILES string of the molecule is COc1cccc(C(=O)N2CCCC(N(CCN3CCCC3)C(=O)C3CCC3)C2)c1OC. The number of methoxy groups -OCH3 is 2. The Hall–Kier alpha value is -2.28. The van der Waals surface area contributed by atoms with Crippen LogP contribution in [0.1, 0.15) is 55.3 Å². The number of para-hydroxylation sites is 1. The van der Waals surface area contributed by atoms with Gasteiger partial charge in [-0.25, -0.2) is 0 Å². The summed E-state index contributed by atoms with van der Waals surface area (Å²) in [4.78, 5) is 33.2. The van der Waals surface area contributed by atoms with Crippen molar-refractivity contribution in [1.82, 2.24) is 14.7 Å². The molecule has 1 aliphatic carbocycles. The lowest BCUT2D eigenvalue weighted by atomic mass is 9.83. The van der Waals surface area contributed by atoms with E-state index in [1.165, 1.54) is 12.8 Å². The van der Waals surface area contributed by atoms with Crippen LogP contribution in [0.15, 0.2) is 18.2 Å². The number of nitrogens with zero attached hydrogens (tertiary/aromatic N) is 3. The van der Waals surface area contributed by atoms with Gasteiger partial charge in [0.25, 0.3) is 5.91 Å². The molecule has 2 amide bonds.